The standard InChI is InChI=1S/C16H17NO3S2/c18-15(11-20-16(19)13-5-2-1-3-6-13)17-8-10-21-12-14-7-4-9-22-14/h1-7,9H,8,10-12H2,(H,17,18). The van der Waals surface area contributed by atoms with Crippen LogP contribution in [0.2, 0.25) is 0 Å². The monoisotopic (exact) mass is 335 g/mol. The maximum atomic E-state index is 11.7. The average molecular weight is 335 g/mol. The molecule has 0 atom stereocenters. The van der Waals surface area contributed by atoms with Gasteiger partial charge < -0.3 is 10.1 Å². The SMILES string of the molecule is O=C(COC(=O)c1ccccc1)NCCSCc1cccs1. The van der Waals surface area contributed by atoms with Gasteiger partial charge >= 0.3 is 5.97 Å². The van der Waals surface area contributed by atoms with Crippen molar-refractivity contribution in [2.75, 3.05) is 18.9 Å². The van der Waals surface area contributed by atoms with Crippen LogP contribution >= 0.6 is 23.1 Å². The molecule has 0 unspecified atom stereocenters. The van der Waals surface area contributed by atoms with Crippen LogP contribution in [0, 0.1) is 0 Å². The summed E-state index contributed by atoms with van der Waals surface area (Å²) < 4.78 is 4.95. The minimum atomic E-state index is -0.483. The number of nitrogens with one attached hydrogen (secondary N) is 1. The Kier molecular flexibility index (Phi) is 6.99. The number of carbonyl (C=O) groups excluding carboxylic acids is 2. The van der Waals surface area contributed by atoms with Gasteiger partial charge in [0.15, 0.2) is 6.61 Å². The molecule has 0 aliphatic rings. The summed E-state index contributed by atoms with van der Waals surface area (Å²) in [4.78, 5) is 24.6. The molecule has 0 aliphatic heterocycles. The third kappa shape index (κ3) is 5.91. The van der Waals surface area contributed by atoms with E-state index >= 15 is 0 Å². The summed E-state index contributed by atoms with van der Waals surface area (Å²) in [6, 6.07) is 12.8. The van der Waals surface area contributed by atoms with Crippen LogP contribution < -0.4 is 5.32 Å². The Bertz CT molecular complexity index is 585. The molecule has 0 saturated carbocycles. The summed E-state index contributed by atoms with van der Waals surface area (Å²) in [5.41, 5.74) is 0.446. The van der Waals surface area contributed by atoms with Gasteiger partial charge in [-0.3, -0.25) is 4.79 Å². The quantitative estimate of drug-likeness (QED) is 0.595. The lowest BCUT2D eigenvalue weighted by molar-refractivity contribution is -0.124. The van der Waals surface area contributed by atoms with Gasteiger partial charge in [-0.2, -0.15) is 11.8 Å². The predicted molar refractivity (Wildman–Crippen MR) is 90.2 cm³/mol. The van der Waals surface area contributed by atoms with Crippen molar-refractivity contribution in [2.45, 2.75) is 5.75 Å². The van der Waals surface area contributed by atoms with Crippen LogP contribution in [0.25, 0.3) is 0 Å². The predicted octanol–water partition coefficient (Wildman–Crippen LogP) is 2.95. The van der Waals surface area contributed by atoms with Crippen molar-refractivity contribution in [3.63, 3.8) is 0 Å². The fourth-order valence-corrected chi connectivity index (χ4v) is 3.37. The van der Waals surface area contributed by atoms with E-state index in [1.165, 1.54) is 4.88 Å². The summed E-state index contributed by atoms with van der Waals surface area (Å²) in [5.74, 6) is 1.02. The Morgan fingerprint density at radius 3 is 2.68 bits per heavy atom. The van der Waals surface area contributed by atoms with E-state index in [1.54, 1.807) is 47.4 Å². The van der Waals surface area contributed by atoms with E-state index in [1.807, 2.05) is 12.1 Å². The van der Waals surface area contributed by atoms with Gasteiger partial charge in [-0.05, 0) is 23.6 Å². The molecule has 1 aromatic carbocycles. The Labute approximate surface area is 137 Å². The number of amides is 1. The van der Waals surface area contributed by atoms with E-state index in [9.17, 15) is 9.59 Å². The van der Waals surface area contributed by atoms with Crippen molar-refractivity contribution in [1.29, 1.82) is 0 Å². The lowest BCUT2D eigenvalue weighted by Crippen LogP contribution is -2.30. The fourth-order valence-electron chi connectivity index (χ4n) is 1.67. The number of hydrogen-bond donors (Lipinski definition) is 1. The highest BCUT2D eigenvalue weighted by Crippen LogP contribution is 2.16. The maximum Gasteiger partial charge on any atom is 0.338 e. The number of hydrogen-bond acceptors (Lipinski definition) is 5. The molecule has 0 spiro atoms. The zero-order chi connectivity index (χ0) is 15.6. The van der Waals surface area contributed by atoms with Gasteiger partial charge in [0.05, 0.1) is 5.56 Å². The second-order valence-corrected chi connectivity index (χ2v) is 6.56. The van der Waals surface area contributed by atoms with Gasteiger partial charge in [0, 0.05) is 22.9 Å². The van der Waals surface area contributed by atoms with Crippen molar-refractivity contribution < 1.29 is 14.3 Å². The topological polar surface area (TPSA) is 55.4 Å². The van der Waals surface area contributed by atoms with Gasteiger partial charge in [-0.1, -0.05) is 24.3 Å². The Morgan fingerprint density at radius 2 is 1.95 bits per heavy atom. The average Bonchev–Trinajstić information content (AvgIpc) is 3.06. The van der Waals surface area contributed by atoms with Gasteiger partial charge in [0.2, 0.25) is 0 Å². The zero-order valence-electron chi connectivity index (χ0n) is 12.0. The summed E-state index contributed by atoms with van der Waals surface area (Å²) in [6.07, 6.45) is 0. The molecule has 1 amide bonds. The number of carbonyl (C=O) groups is 2. The summed E-state index contributed by atoms with van der Waals surface area (Å²) in [7, 11) is 0. The number of benzene rings is 1. The highest BCUT2D eigenvalue weighted by molar-refractivity contribution is 7.98. The molecule has 0 aliphatic carbocycles. The Balaban J connectivity index is 1.55. The molecular weight excluding hydrogens is 318 g/mol. The third-order valence-corrected chi connectivity index (χ3v) is 4.80. The zero-order valence-corrected chi connectivity index (χ0v) is 13.6. The van der Waals surface area contributed by atoms with Crippen molar-refractivity contribution in [1.82, 2.24) is 5.32 Å². The van der Waals surface area contributed by atoms with Gasteiger partial charge in [-0.15, -0.1) is 11.3 Å². The van der Waals surface area contributed by atoms with Gasteiger partial charge in [0.1, 0.15) is 0 Å². The molecule has 1 heterocycles. The number of esters is 1. The molecule has 0 radical (unpaired) electrons. The highest BCUT2D eigenvalue weighted by Gasteiger charge is 2.08. The molecule has 4 nitrogen and oxygen atoms in total. The second kappa shape index (κ2) is 9.27. The van der Waals surface area contributed by atoms with E-state index < -0.39 is 5.97 Å². The third-order valence-electron chi connectivity index (χ3n) is 2.74. The first-order chi connectivity index (χ1) is 10.8. The first-order valence-electron chi connectivity index (χ1n) is 6.84. The molecule has 2 rings (SSSR count). The fraction of sp³-hybridized carbons (Fsp3) is 0.250. The van der Waals surface area contributed by atoms with Crippen molar-refractivity contribution >= 4 is 35.0 Å². The van der Waals surface area contributed by atoms with Gasteiger partial charge in [-0.25, -0.2) is 4.79 Å². The number of thioether (sulfide) groups is 1. The number of rotatable bonds is 8. The van der Waals surface area contributed by atoms with E-state index in [0.717, 1.165) is 11.5 Å². The van der Waals surface area contributed by atoms with Crippen LogP contribution in [0.3, 0.4) is 0 Å². The minimum Gasteiger partial charge on any atom is -0.452 e. The van der Waals surface area contributed by atoms with Crippen LogP contribution in [0.1, 0.15) is 15.2 Å². The van der Waals surface area contributed by atoms with E-state index in [-0.39, 0.29) is 12.5 Å². The maximum absolute atomic E-state index is 11.7. The molecule has 1 N–H and O–H groups in total. The lowest BCUT2D eigenvalue weighted by atomic mass is 10.2. The Morgan fingerprint density at radius 1 is 1.14 bits per heavy atom. The molecule has 6 heteroatoms. The van der Waals surface area contributed by atoms with Crippen LogP contribution in [0.4, 0.5) is 0 Å². The molecule has 116 valence electrons. The Hall–Kier alpha value is -1.79. The smallest absolute Gasteiger partial charge is 0.338 e. The summed E-state index contributed by atoms with van der Waals surface area (Å²) >= 11 is 3.49. The summed E-state index contributed by atoms with van der Waals surface area (Å²) in [6.45, 7) is 0.321. The minimum absolute atomic E-state index is 0.247. The van der Waals surface area contributed by atoms with Gasteiger partial charge in [0.25, 0.3) is 5.91 Å². The van der Waals surface area contributed by atoms with Crippen LogP contribution in [-0.4, -0.2) is 30.8 Å². The van der Waals surface area contributed by atoms with E-state index in [4.69, 9.17) is 4.74 Å². The van der Waals surface area contributed by atoms with Crippen molar-refractivity contribution in [2.24, 2.45) is 0 Å². The number of ether oxygens (including phenoxy) is 1. The first-order valence-corrected chi connectivity index (χ1v) is 8.88. The lowest BCUT2D eigenvalue weighted by Gasteiger charge is -2.06. The molecule has 0 saturated heterocycles. The molecule has 0 bridgehead atoms. The normalized spacial score (nSPS) is 10.2. The van der Waals surface area contributed by atoms with Crippen molar-refractivity contribution in [3.05, 3.63) is 58.3 Å². The molecule has 0 fully saturated rings. The molecular formula is C16H17NO3S2. The van der Waals surface area contributed by atoms with E-state index in [0.29, 0.717) is 12.1 Å². The first kappa shape index (κ1) is 16.6. The molecule has 22 heavy (non-hydrogen) atoms. The van der Waals surface area contributed by atoms with Crippen molar-refractivity contribution in [3.8, 4) is 0 Å². The molecule has 2 aromatic rings. The van der Waals surface area contributed by atoms with Crippen LogP contribution in [-0.2, 0) is 15.3 Å². The van der Waals surface area contributed by atoms with E-state index in [2.05, 4.69) is 16.8 Å². The second-order valence-electron chi connectivity index (χ2n) is 4.42. The largest absolute Gasteiger partial charge is 0.452 e. The summed E-state index contributed by atoms with van der Waals surface area (Å²) in [5, 5.41) is 4.79. The number of thiophene rings is 1. The highest BCUT2D eigenvalue weighted by atomic mass is 32.2. The van der Waals surface area contributed by atoms with Crippen LogP contribution in [0.15, 0.2) is 47.8 Å². The molecule has 1 aromatic heterocycles. The van der Waals surface area contributed by atoms with Crippen LogP contribution in [0.5, 0.6) is 0 Å².